The van der Waals surface area contributed by atoms with E-state index in [9.17, 15) is 4.79 Å². The second-order valence-corrected chi connectivity index (χ2v) is 10.9. The van der Waals surface area contributed by atoms with Crippen molar-refractivity contribution in [1.29, 1.82) is 0 Å². The number of benzene rings is 2. The van der Waals surface area contributed by atoms with Crippen molar-refractivity contribution in [3.8, 4) is 11.1 Å². The number of ether oxygens (including phenoxy) is 1. The van der Waals surface area contributed by atoms with Gasteiger partial charge in [-0.3, -0.25) is 4.79 Å². The van der Waals surface area contributed by atoms with Crippen LogP contribution in [0.15, 0.2) is 34.9 Å². The summed E-state index contributed by atoms with van der Waals surface area (Å²) in [6.45, 7) is 14.9. The molecule has 0 bridgehead atoms. The van der Waals surface area contributed by atoms with E-state index in [0.29, 0.717) is 23.4 Å². The lowest BCUT2D eigenvalue weighted by molar-refractivity contribution is -0.138. The van der Waals surface area contributed by atoms with Gasteiger partial charge in [0.1, 0.15) is 6.10 Å². The average molecular weight is 507 g/mol. The molecule has 0 saturated carbocycles. The quantitative estimate of drug-likeness (QED) is 0.294. The summed E-state index contributed by atoms with van der Waals surface area (Å²) in [5.74, 6) is 0.971. The predicted octanol–water partition coefficient (Wildman–Crippen LogP) is 6.87. The number of aryl methyl sites for hydroxylation is 2. The molecule has 36 heavy (non-hydrogen) atoms. The van der Waals surface area contributed by atoms with Crippen LogP contribution < -0.4 is 4.90 Å². The maximum absolute atomic E-state index is 13.2. The molecule has 0 amide bonds. The van der Waals surface area contributed by atoms with Gasteiger partial charge in [0.15, 0.2) is 5.78 Å². The molecule has 8 heteroatoms. The van der Waals surface area contributed by atoms with Gasteiger partial charge >= 0.3 is 0 Å². The molecule has 1 atom stereocenters. The third-order valence-electron chi connectivity index (χ3n) is 6.64. The van der Waals surface area contributed by atoms with E-state index in [1.807, 2.05) is 45.0 Å². The molecule has 1 aliphatic heterocycles. The highest BCUT2D eigenvalue weighted by molar-refractivity contribution is 6.30. The van der Waals surface area contributed by atoms with E-state index in [-0.39, 0.29) is 5.78 Å². The van der Waals surface area contributed by atoms with Crippen molar-refractivity contribution < 1.29 is 14.1 Å². The van der Waals surface area contributed by atoms with Crippen molar-refractivity contribution >= 4 is 39.9 Å². The molecular formula is C28H31ClN4O3. The number of ketones is 1. The molecule has 2 aromatic heterocycles. The Morgan fingerprint density at radius 3 is 2.42 bits per heavy atom. The molecule has 0 N–H and O–H groups in total. The molecule has 0 unspecified atom stereocenters. The van der Waals surface area contributed by atoms with E-state index < -0.39 is 11.7 Å². The molecule has 0 fully saturated rings. The molecule has 2 aromatic carbocycles. The first-order valence-electron chi connectivity index (χ1n) is 12.1. The molecule has 1 aliphatic rings. The van der Waals surface area contributed by atoms with Gasteiger partial charge in [-0.25, -0.2) is 0 Å². The number of rotatable bonds is 5. The van der Waals surface area contributed by atoms with E-state index >= 15 is 0 Å². The van der Waals surface area contributed by atoms with Crippen LogP contribution in [0.4, 0.5) is 11.6 Å². The third kappa shape index (κ3) is 4.10. The van der Waals surface area contributed by atoms with Crippen molar-refractivity contribution in [3.05, 3.63) is 58.1 Å². The fourth-order valence-electron chi connectivity index (χ4n) is 5.24. The largest absolute Gasteiger partial charge is 0.360 e. The lowest BCUT2D eigenvalue weighted by atomic mass is 9.86. The highest BCUT2D eigenvalue weighted by Gasteiger charge is 2.35. The zero-order chi connectivity index (χ0) is 25.9. The summed E-state index contributed by atoms with van der Waals surface area (Å²) in [5, 5.41) is 5.94. The number of hydrogen-bond donors (Lipinski definition) is 0. The Labute approximate surface area is 216 Å². The minimum Gasteiger partial charge on any atom is -0.360 e. The van der Waals surface area contributed by atoms with E-state index in [1.165, 1.54) is 0 Å². The summed E-state index contributed by atoms with van der Waals surface area (Å²) >= 11 is 6.25. The Hall–Kier alpha value is -3.16. The third-order valence-corrected chi connectivity index (χ3v) is 6.89. The first kappa shape index (κ1) is 24.5. The Balaban J connectivity index is 1.91. The Morgan fingerprint density at radius 1 is 1.14 bits per heavy atom. The van der Waals surface area contributed by atoms with Gasteiger partial charge in [0.25, 0.3) is 5.95 Å². The molecule has 0 saturated heterocycles. The fraction of sp³-hybridized carbons (Fsp3) is 0.393. The molecular weight excluding hydrogens is 476 g/mol. The zero-order valence-corrected chi connectivity index (χ0v) is 22.5. The number of hydrogen-bond acceptors (Lipinski definition) is 6. The second kappa shape index (κ2) is 8.75. The standard InChI is InChI=1S/C28H31ClN4O3/c1-15-14-21-23(19-8-10-20(29)11-9-19)22(26(17(3)34)35-28(5,6)7)16(2)24-25(21)32(15)12-13-33(24)27-30-18(4)36-31-27/h8-11,14,26H,12-13H2,1-7H3/t26-/m1/s1. The number of halogens is 1. The highest BCUT2D eigenvalue weighted by Crippen LogP contribution is 2.49. The molecule has 4 aromatic rings. The lowest BCUT2D eigenvalue weighted by Crippen LogP contribution is -2.31. The molecule has 5 rings (SSSR count). The summed E-state index contributed by atoms with van der Waals surface area (Å²) in [5.41, 5.74) is 6.46. The SMILES string of the molecule is CC(=O)[C@@H](OC(C)(C)C)c1c(C)c2c3c(cc(C)n3CCN2c2noc(C)n2)c1-c1ccc(Cl)cc1. The number of nitrogens with zero attached hydrogens (tertiary/aromatic N) is 4. The minimum absolute atomic E-state index is 0.0521. The van der Waals surface area contributed by atoms with E-state index in [0.717, 1.165) is 51.1 Å². The molecule has 188 valence electrons. The predicted molar refractivity (Wildman–Crippen MR) is 142 cm³/mol. The van der Waals surface area contributed by atoms with Crippen LogP contribution in [0, 0.1) is 20.8 Å². The van der Waals surface area contributed by atoms with Gasteiger partial charge in [-0.05, 0) is 81.6 Å². The van der Waals surface area contributed by atoms with Crippen molar-refractivity contribution in [2.45, 2.75) is 66.7 Å². The summed E-state index contributed by atoms with van der Waals surface area (Å²) < 4.78 is 14.1. The van der Waals surface area contributed by atoms with E-state index in [4.69, 9.17) is 20.9 Å². The minimum atomic E-state index is -0.754. The van der Waals surface area contributed by atoms with Gasteiger partial charge < -0.3 is 18.7 Å². The van der Waals surface area contributed by atoms with Crippen LogP contribution in [0.25, 0.3) is 22.0 Å². The van der Waals surface area contributed by atoms with Crippen LogP contribution in [0.1, 0.15) is 56.5 Å². The number of anilines is 2. The van der Waals surface area contributed by atoms with Crippen molar-refractivity contribution in [1.82, 2.24) is 14.7 Å². The van der Waals surface area contributed by atoms with Crippen LogP contribution in [-0.4, -0.2) is 32.6 Å². The van der Waals surface area contributed by atoms with Gasteiger partial charge in [0.2, 0.25) is 5.89 Å². The second-order valence-electron chi connectivity index (χ2n) is 10.5. The maximum atomic E-state index is 13.2. The molecule has 0 spiro atoms. The Bertz CT molecular complexity index is 1480. The monoisotopic (exact) mass is 506 g/mol. The summed E-state index contributed by atoms with van der Waals surface area (Å²) in [4.78, 5) is 19.8. The number of Topliss-reactive ketones (excluding diaryl/α,β-unsaturated/α-hetero) is 1. The van der Waals surface area contributed by atoms with Crippen molar-refractivity contribution in [3.63, 3.8) is 0 Å². The van der Waals surface area contributed by atoms with Gasteiger partial charge in [-0.2, -0.15) is 4.98 Å². The topological polar surface area (TPSA) is 73.4 Å². The van der Waals surface area contributed by atoms with Crippen LogP contribution in [0.2, 0.25) is 5.02 Å². The summed E-state index contributed by atoms with van der Waals surface area (Å²) in [6, 6.07) is 9.98. The smallest absolute Gasteiger partial charge is 0.270 e. The molecule has 0 radical (unpaired) electrons. The lowest BCUT2D eigenvalue weighted by Gasteiger charge is -2.34. The van der Waals surface area contributed by atoms with Crippen LogP contribution in [-0.2, 0) is 16.1 Å². The first-order valence-corrected chi connectivity index (χ1v) is 12.5. The van der Waals surface area contributed by atoms with Crippen LogP contribution in [0.5, 0.6) is 0 Å². The molecule has 3 heterocycles. The van der Waals surface area contributed by atoms with Crippen molar-refractivity contribution in [2.75, 3.05) is 11.4 Å². The Kier molecular flexibility index (Phi) is 5.96. The number of aromatic nitrogens is 3. The van der Waals surface area contributed by atoms with Gasteiger partial charge in [-0.1, -0.05) is 23.7 Å². The summed E-state index contributed by atoms with van der Waals surface area (Å²) in [7, 11) is 0. The van der Waals surface area contributed by atoms with Crippen molar-refractivity contribution in [2.24, 2.45) is 0 Å². The number of carbonyl (C=O) groups excluding carboxylic acids is 1. The fourth-order valence-corrected chi connectivity index (χ4v) is 5.37. The van der Waals surface area contributed by atoms with Gasteiger partial charge in [0.05, 0.1) is 16.8 Å². The van der Waals surface area contributed by atoms with Crippen LogP contribution in [0.3, 0.4) is 0 Å². The Morgan fingerprint density at radius 2 is 1.83 bits per heavy atom. The van der Waals surface area contributed by atoms with Gasteiger partial charge in [-0.15, -0.1) is 0 Å². The van der Waals surface area contributed by atoms with Gasteiger partial charge in [0, 0.05) is 41.7 Å². The normalized spacial score (nSPS) is 14.5. The highest BCUT2D eigenvalue weighted by atomic mass is 35.5. The van der Waals surface area contributed by atoms with E-state index in [2.05, 4.69) is 39.5 Å². The maximum Gasteiger partial charge on any atom is 0.270 e. The number of carbonyl (C=O) groups is 1. The van der Waals surface area contributed by atoms with E-state index in [1.54, 1.807) is 13.8 Å². The zero-order valence-electron chi connectivity index (χ0n) is 21.8. The molecule has 7 nitrogen and oxygen atoms in total. The summed E-state index contributed by atoms with van der Waals surface area (Å²) in [6.07, 6.45) is -0.754. The first-order chi connectivity index (χ1) is 17.0. The van der Waals surface area contributed by atoms with Crippen LogP contribution >= 0.6 is 11.6 Å². The molecule has 0 aliphatic carbocycles. The average Bonchev–Trinajstić information content (AvgIpc) is 3.38.